The number of hydrogen-bond donors (Lipinski definition) is 2. The molecule has 0 bridgehead atoms. The number of amides is 2. The summed E-state index contributed by atoms with van der Waals surface area (Å²) >= 11 is 0. The van der Waals surface area contributed by atoms with Gasteiger partial charge in [-0.2, -0.15) is 0 Å². The molecule has 0 saturated heterocycles. The number of urea groups is 1. The minimum atomic E-state index is -0.236. The molecule has 0 fully saturated rings. The molecule has 2 amide bonds. The lowest BCUT2D eigenvalue weighted by Gasteiger charge is -2.23. The Morgan fingerprint density at radius 2 is 1.86 bits per heavy atom. The van der Waals surface area contributed by atoms with Crippen LogP contribution in [-0.2, 0) is 0 Å². The molecule has 0 spiro atoms. The molecule has 3 heteroatoms. The summed E-state index contributed by atoms with van der Waals surface area (Å²) in [4.78, 5) is 11.4. The fraction of sp³-hybridized carbons (Fsp3) is 0.727. The number of carbonyl (C=O) groups excluding carboxylic acids is 1. The van der Waals surface area contributed by atoms with Gasteiger partial charge in [-0.25, -0.2) is 4.79 Å². The van der Waals surface area contributed by atoms with Crippen molar-refractivity contribution >= 4 is 6.03 Å². The van der Waals surface area contributed by atoms with E-state index in [-0.39, 0.29) is 23.5 Å². The van der Waals surface area contributed by atoms with Crippen LogP contribution in [0.15, 0.2) is 0 Å². The molecule has 0 radical (unpaired) electrons. The van der Waals surface area contributed by atoms with E-state index in [9.17, 15) is 4.79 Å². The Morgan fingerprint density at radius 3 is 2.14 bits per heavy atom. The van der Waals surface area contributed by atoms with E-state index < -0.39 is 0 Å². The smallest absolute Gasteiger partial charge is 0.316 e. The Kier molecular flexibility index (Phi) is 4.49. The van der Waals surface area contributed by atoms with Crippen LogP contribution >= 0.6 is 0 Å². The summed E-state index contributed by atoms with van der Waals surface area (Å²) in [6.45, 7) is 9.72. The van der Waals surface area contributed by atoms with Crippen LogP contribution in [-0.4, -0.2) is 17.6 Å². The van der Waals surface area contributed by atoms with Gasteiger partial charge in [0.25, 0.3) is 0 Å². The third-order valence-electron chi connectivity index (χ3n) is 1.62. The van der Waals surface area contributed by atoms with Gasteiger partial charge >= 0.3 is 6.03 Å². The molecular weight excluding hydrogens is 176 g/mol. The highest BCUT2D eigenvalue weighted by Gasteiger charge is 2.17. The predicted octanol–water partition coefficient (Wildman–Crippen LogP) is 1.74. The van der Waals surface area contributed by atoms with Gasteiger partial charge in [-0.15, -0.1) is 6.42 Å². The monoisotopic (exact) mass is 196 g/mol. The zero-order valence-electron chi connectivity index (χ0n) is 9.64. The summed E-state index contributed by atoms with van der Waals surface area (Å²) < 4.78 is 0. The Balaban J connectivity index is 4.13. The second kappa shape index (κ2) is 4.90. The highest BCUT2D eigenvalue weighted by molar-refractivity contribution is 5.75. The topological polar surface area (TPSA) is 41.1 Å². The van der Waals surface area contributed by atoms with E-state index in [2.05, 4.69) is 16.6 Å². The number of nitrogens with one attached hydrogen (secondary N) is 2. The van der Waals surface area contributed by atoms with E-state index in [1.807, 2.05) is 34.6 Å². The lowest BCUT2D eigenvalue weighted by Crippen LogP contribution is -2.50. The lowest BCUT2D eigenvalue weighted by atomic mass is 10.1. The van der Waals surface area contributed by atoms with Gasteiger partial charge in [-0.3, -0.25) is 0 Å². The molecule has 0 aliphatic heterocycles. The maximum atomic E-state index is 11.4. The van der Waals surface area contributed by atoms with E-state index >= 15 is 0 Å². The summed E-state index contributed by atoms with van der Waals surface area (Å²) in [5, 5.41) is 5.53. The van der Waals surface area contributed by atoms with Gasteiger partial charge in [0, 0.05) is 5.54 Å². The van der Waals surface area contributed by atoms with Crippen molar-refractivity contribution in [3.05, 3.63) is 0 Å². The normalized spacial score (nSPS) is 13.2. The van der Waals surface area contributed by atoms with Crippen molar-refractivity contribution in [2.24, 2.45) is 5.92 Å². The van der Waals surface area contributed by atoms with Crippen molar-refractivity contribution in [1.29, 1.82) is 0 Å². The average molecular weight is 196 g/mol. The minimum Gasteiger partial charge on any atom is -0.334 e. The van der Waals surface area contributed by atoms with Crippen LogP contribution in [0.4, 0.5) is 4.79 Å². The average Bonchev–Trinajstić information content (AvgIpc) is 1.96. The van der Waals surface area contributed by atoms with Gasteiger partial charge in [0.2, 0.25) is 0 Å². The van der Waals surface area contributed by atoms with Crippen molar-refractivity contribution in [3.63, 3.8) is 0 Å². The number of hydrogen-bond acceptors (Lipinski definition) is 1. The van der Waals surface area contributed by atoms with E-state index in [1.165, 1.54) is 0 Å². The van der Waals surface area contributed by atoms with E-state index in [0.717, 1.165) is 0 Å². The number of rotatable bonds is 2. The van der Waals surface area contributed by atoms with Crippen molar-refractivity contribution < 1.29 is 4.79 Å². The first-order chi connectivity index (χ1) is 6.26. The van der Waals surface area contributed by atoms with E-state index in [0.29, 0.717) is 0 Å². The first-order valence-corrected chi connectivity index (χ1v) is 4.81. The van der Waals surface area contributed by atoms with Crippen LogP contribution in [0.25, 0.3) is 0 Å². The molecule has 2 N–H and O–H groups in total. The fourth-order valence-corrected chi connectivity index (χ4v) is 0.919. The van der Waals surface area contributed by atoms with Gasteiger partial charge in [0.05, 0.1) is 6.04 Å². The zero-order valence-corrected chi connectivity index (χ0v) is 9.64. The summed E-state index contributed by atoms with van der Waals surface area (Å²) in [5.41, 5.74) is -0.236. The van der Waals surface area contributed by atoms with E-state index in [4.69, 9.17) is 6.42 Å². The maximum absolute atomic E-state index is 11.4. The Hall–Kier alpha value is -1.17. The SMILES string of the molecule is C#CC(NC(=O)NC(C)(C)C)C(C)C. The molecule has 1 atom stereocenters. The molecule has 0 heterocycles. The van der Waals surface area contributed by atoms with Gasteiger partial charge in [0.15, 0.2) is 0 Å². The highest BCUT2D eigenvalue weighted by Crippen LogP contribution is 2.01. The standard InChI is InChI=1S/C11H20N2O/c1-7-9(8(2)3)12-10(14)13-11(4,5)6/h1,8-9H,2-6H3,(H2,12,13,14). The Labute approximate surface area is 86.6 Å². The first-order valence-electron chi connectivity index (χ1n) is 4.81. The molecule has 0 aromatic carbocycles. The molecule has 0 aliphatic carbocycles. The second-order valence-corrected chi connectivity index (χ2v) is 4.74. The fourth-order valence-electron chi connectivity index (χ4n) is 0.919. The van der Waals surface area contributed by atoms with Crippen LogP contribution in [0, 0.1) is 18.3 Å². The van der Waals surface area contributed by atoms with Crippen molar-refractivity contribution in [2.45, 2.75) is 46.2 Å². The van der Waals surface area contributed by atoms with Crippen molar-refractivity contribution in [1.82, 2.24) is 10.6 Å². The Morgan fingerprint density at radius 1 is 1.36 bits per heavy atom. The zero-order chi connectivity index (χ0) is 11.4. The van der Waals surface area contributed by atoms with Crippen molar-refractivity contribution in [2.75, 3.05) is 0 Å². The molecule has 0 rings (SSSR count). The second-order valence-electron chi connectivity index (χ2n) is 4.74. The van der Waals surface area contributed by atoms with Gasteiger partial charge < -0.3 is 10.6 Å². The molecule has 0 aromatic heterocycles. The Bertz CT molecular complexity index is 233. The molecule has 3 nitrogen and oxygen atoms in total. The first kappa shape index (κ1) is 12.8. The minimum absolute atomic E-state index is 0.211. The van der Waals surface area contributed by atoms with Gasteiger partial charge in [-0.1, -0.05) is 19.8 Å². The van der Waals surface area contributed by atoms with Crippen LogP contribution in [0.1, 0.15) is 34.6 Å². The molecule has 14 heavy (non-hydrogen) atoms. The predicted molar refractivity (Wildman–Crippen MR) is 58.9 cm³/mol. The number of terminal acetylenes is 1. The molecule has 1 unspecified atom stereocenters. The van der Waals surface area contributed by atoms with E-state index in [1.54, 1.807) is 0 Å². The molecule has 0 saturated carbocycles. The van der Waals surface area contributed by atoms with Gasteiger partial charge in [0.1, 0.15) is 0 Å². The molecular formula is C11H20N2O. The third kappa shape index (κ3) is 5.47. The maximum Gasteiger partial charge on any atom is 0.316 e. The number of carbonyl (C=O) groups is 1. The molecule has 0 aliphatic rings. The summed E-state index contributed by atoms with van der Waals surface area (Å²) in [6, 6.07) is -0.425. The lowest BCUT2D eigenvalue weighted by molar-refractivity contribution is 0.228. The van der Waals surface area contributed by atoms with Crippen LogP contribution < -0.4 is 10.6 Å². The van der Waals surface area contributed by atoms with Gasteiger partial charge in [-0.05, 0) is 26.7 Å². The third-order valence-corrected chi connectivity index (χ3v) is 1.62. The largest absolute Gasteiger partial charge is 0.334 e. The van der Waals surface area contributed by atoms with Crippen LogP contribution in [0.5, 0.6) is 0 Å². The van der Waals surface area contributed by atoms with Crippen LogP contribution in [0.3, 0.4) is 0 Å². The quantitative estimate of drug-likeness (QED) is 0.649. The molecule has 0 aromatic rings. The van der Waals surface area contributed by atoms with Crippen molar-refractivity contribution in [3.8, 4) is 12.3 Å². The molecule has 80 valence electrons. The summed E-state index contributed by atoms with van der Waals surface area (Å²) in [5.74, 6) is 2.79. The highest BCUT2D eigenvalue weighted by atomic mass is 16.2. The summed E-state index contributed by atoms with van der Waals surface area (Å²) in [6.07, 6.45) is 5.29. The van der Waals surface area contributed by atoms with Crippen LogP contribution in [0.2, 0.25) is 0 Å². The summed E-state index contributed by atoms with van der Waals surface area (Å²) in [7, 11) is 0.